The van der Waals surface area contributed by atoms with Crippen LogP contribution in [0.3, 0.4) is 0 Å². The first kappa shape index (κ1) is 17.2. The molecule has 0 amide bonds. The molecule has 0 aromatic heterocycles. The topological polar surface area (TPSA) is 15.3 Å². The molecule has 1 N–H and O–H groups in total. The lowest BCUT2D eigenvalue weighted by atomic mass is 9.92. The molecule has 2 nitrogen and oxygen atoms in total. The summed E-state index contributed by atoms with van der Waals surface area (Å²) >= 11 is 0. The van der Waals surface area contributed by atoms with Crippen molar-refractivity contribution in [3.63, 3.8) is 0 Å². The first-order valence-corrected chi connectivity index (χ1v) is 7.95. The predicted molar refractivity (Wildman–Crippen MR) is 88.8 cm³/mol. The second-order valence-electron chi connectivity index (χ2n) is 6.77. The van der Waals surface area contributed by atoms with E-state index in [4.69, 9.17) is 0 Å². The second kappa shape index (κ2) is 8.43. The van der Waals surface area contributed by atoms with Crippen LogP contribution in [-0.4, -0.2) is 24.5 Å². The summed E-state index contributed by atoms with van der Waals surface area (Å²) in [5.74, 6) is 0. The van der Waals surface area contributed by atoms with Gasteiger partial charge in [-0.2, -0.15) is 0 Å². The van der Waals surface area contributed by atoms with Gasteiger partial charge in [0.15, 0.2) is 0 Å². The number of hydrogen-bond acceptors (Lipinski definition) is 2. The Bertz CT molecular complexity index is 358. The molecule has 1 aromatic carbocycles. The molecule has 0 saturated carbocycles. The average molecular weight is 276 g/mol. The van der Waals surface area contributed by atoms with E-state index < -0.39 is 0 Å². The van der Waals surface area contributed by atoms with Gasteiger partial charge in [0.2, 0.25) is 0 Å². The number of benzene rings is 1. The highest BCUT2D eigenvalue weighted by atomic mass is 15.1. The molecule has 1 rings (SSSR count). The van der Waals surface area contributed by atoms with E-state index in [-0.39, 0.29) is 0 Å². The number of nitrogens with zero attached hydrogens (tertiary/aromatic N) is 1. The molecule has 0 fully saturated rings. The minimum Gasteiger partial charge on any atom is -0.313 e. The largest absolute Gasteiger partial charge is 0.313 e. The highest BCUT2D eigenvalue weighted by Crippen LogP contribution is 2.17. The average Bonchev–Trinajstić information content (AvgIpc) is 2.41. The molecule has 1 aromatic rings. The van der Waals surface area contributed by atoms with Crippen LogP contribution in [0.1, 0.15) is 52.2 Å². The van der Waals surface area contributed by atoms with Crippen LogP contribution in [0.5, 0.6) is 0 Å². The molecule has 0 aliphatic heterocycles. The summed E-state index contributed by atoms with van der Waals surface area (Å²) in [4.78, 5) is 2.44. The van der Waals surface area contributed by atoms with Crippen molar-refractivity contribution in [3.05, 3.63) is 35.4 Å². The zero-order valence-corrected chi connectivity index (χ0v) is 14.0. The summed E-state index contributed by atoms with van der Waals surface area (Å²) in [7, 11) is 0. The van der Waals surface area contributed by atoms with E-state index >= 15 is 0 Å². The Morgan fingerprint density at radius 2 is 1.50 bits per heavy atom. The van der Waals surface area contributed by atoms with Crippen molar-refractivity contribution in [3.8, 4) is 0 Å². The number of hydrogen-bond donors (Lipinski definition) is 1. The third kappa shape index (κ3) is 7.06. The quantitative estimate of drug-likeness (QED) is 0.721. The Kier molecular flexibility index (Phi) is 7.25. The molecule has 0 unspecified atom stereocenters. The van der Waals surface area contributed by atoms with Gasteiger partial charge in [0.1, 0.15) is 0 Å². The highest BCUT2D eigenvalue weighted by molar-refractivity contribution is 5.22. The maximum atomic E-state index is 3.53. The summed E-state index contributed by atoms with van der Waals surface area (Å²) in [6, 6.07) is 9.03. The molecule has 0 heterocycles. The van der Waals surface area contributed by atoms with E-state index in [1.165, 1.54) is 17.5 Å². The van der Waals surface area contributed by atoms with E-state index in [1.807, 2.05) is 0 Å². The van der Waals surface area contributed by atoms with Crippen LogP contribution < -0.4 is 5.32 Å². The molecule has 0 aliphatic rings. The molecule has 114 valence electrons. The zero-order valence-electron chi connectivity index (χ0n) is 14.0. The van der Waals surface area contributed by atoms with Crippen LogP contribution in [0.15, 0.2) is 24.3 Å². The van der Waals surface area contributed by atoms with Gasteiger partial charge in [0, 0.05) is 13.1 Å². The Morgan fingerprint density at radius 1 is 0.950 bits per heavy atom. The highest BCUT2D eigenvalue weighted by Gasteiger charge is 2.08. The van der Waals surface area contributed by atoms with E-state index in [0.717, 1.165) is 32.7 Å². The Hall–Kier alpha value is -0.860. The second-order valence-corrected chi connectivity index (χ2v) is 6.77. The fourth-order valence-electron chi connectivity index (χ4n) is 2.16. The van der Waals surface area contributed by atoms with Crippen LogP contribution in [0, 0.1) is 5.41 Å². The summed E-state index contributed by atoms with van der Waals surface area (Å²) in [6.07, 6.45) is 1.22. The maximum Gasteiger partial charge on any atom is 0.0233 e. The van der Waals surface area contributed by atoms with Crippen LogP contribution in [0.2, 0.25) is 0 Å². The van der Waals surface area contributed by atoms with Gasteiger partial charge in [-0.3, -0.25) is 4.90 Å². The number of rotatable bonds is 8. The van der Waals surface area contributed by atoms with Crippen molar-refractivity contribution in [1.82, 2.24) is 10.2 Å². The van der Waals surface area contributed by atoms with E-state index in [2.05, 4.69) is 69.1 Å². The summed E-state index contributed by atoms with van der Waals surface area (Å²) in [5, 5.41) is 3.53. The fourth-order valence-corrected chi connectivity index (χ4v) is 2.16. The molecule has 0 radical (unpaired) electrons. The summed E-state index contributed by atoms with van der Waals surface area (Å²) < 4.78 is 0. The monoisotopic (exact) mass is 276 g/mol. The molecule has 0 bridgehead atoms. The SMILES string of the molecule is CCN(CC)Cc1ccc(CNCCC(C)(C)C)cc1. The van der Waals surface area contributed by atoms with Gasteiger partial charge >= 0.3 is 0 Å². The molecular formula is C18H32N2. The van der Waals surface area contributed by atoms with Gasteiger partial charge in [0.25, 0.3) is 0 Å². The fraction of sp³-hybridized carbons (Fsp3) is 0.667. The van der Waals surface area contributed by atoms with Gasteiger partial charge in [-0.25, -0.2) is 0 Å². The van der Waals surface area contributed by atoms with Crippen molar-refractivity contribution in [2.24, 2.45) is 5.41 Å². The lowest BCUT2D eigenvalue weighted by molar-refractivity contribution is 0.296. The minimum atomic E-state index is 0.417. The van der Waals surface area contributed by atoms with Crippen LogP contribution >= 0.6 is 0 Å². The van der Waals surface area contributed by atoms with Gasteiger partial charge in [-0.15, -0.1) is 0 Å². The Labute approximate surface area is 125 Å². The summed E-state index contributed by atoms with van der Waals surface area (Å²) in [5.41, 5.74) is 3.20. The zero-order chi connectivity index (χ0) is 15.0. The lowest BCUT2D eigenvalue weighted by Gasteiger charge is -2.19. The molecule has 2 heteroatoms. The third-order valence-electron chi connectivity index (χ3n) is 3.70. The normalized spacial score (nSPS) is 12.1. The summed E-state index contributed by atoms with van der Waals surface area (Å²) in [6.45, 7) is 16.7. The van der Waals surface area contributed by atoms with Gasteiger partial charge in [-0.1, -0.05) is 58.9 Å². The lowest BCUT2D eigenvalue weighted by Crippen LogP contribution is -2.22. The van der Waals surface area contributed by atoms with Crippen molar-refractivity contribution in [2.45, 2.75) is 54.1 Å². The van der Waals surface area contributed by atoms with E-state index in [9.17, 15) is 0 Å². The van der Waals surface area contributed by atoms with Gasteiger partial charge in [-0.05, 0) is 42.6 Å². The van der Waals surface area contributed by atoms with Crippen molar-refractivity contribution in [2.75, 3.05) is 19.6 Å². The first-order valence-electron chi connectivity index (χ1n) is 7.95. The first-order chi connectivity index (χ1) is 9.44. The Morgan fingerprint density at radius 3 is 2.00 bits per heavy atom. The van der Waals surface area contributed by atoms with Crippen molar-refractivity contribution < 1.29 is 0 Å². The van der Waals surface area contributed by atoms with E-state index in [0.29, 0.717) is 5.41 Å². The Balaban J connectivity index is 2.35. The molecule has 0 aliphatic carbocycles. The van der Waals surface area contributed by atoms with Crippen LogP contribution in [0.25, 0.3) is 0 Å². The third-order valence-corrected chi connectivity index (χ3v) is 3.70. The number of nitrogens with one attached hydrogen (secondary N) is 1. The minimum absolute atomic E-state index is 0.417. The van der Waals surface area contributed by atoms with Crippen LogP contribution in [0.4, 0.5) is 0 Å². The molecule has 20 heavy (non-hydrogen) atoms. The van der Waals surface area contributed by atoms with Gasteiger partial charge < -0.3 is 5.32 Å². The van der Waals surface area contributed by atoms with Crippen molar-refractivity contribution >= 4 is 0 Å². The standard InChI is InChI=1S/C18H32N2/c1-6-20(7-2)15-17-10-8-16(9-11-17)14-19-13-12-18(3,4)5/h8-11,19H,6-7,12-15H2,1-5H3. The molecule has 0 saturated heterocycles. The maximum absolute atomic E-state index is 3.53. The van der Waals surface area contributed by atoms with Crippen molar-refractivity contribution in [1.29, 1.82) is 0 Å². The molecule has 0 atom stereocenters. The smallest absolute Gasteiger partial charge is 0.0233 e. The molecule has 0 spiro atoms. The predicted octanol–water partition coefficient (Wildman–Crippen LogP) is 4.05. The molecular weight excluding hydrogens is 244 g/mol. The van der Waals surface area contributed by atoms with Gasteiger partial charge in [0.05, 0.1) is 0 Å². The van der Waals surface area contributed by atoms with Crippen LogP contribution in [-0.2, 0) is 13.1 Å². The van der Waals surface area contributed by atoms with E-state index in [1.54, 1.807) is 0 Å².